The number of hydrogen-bond acceptors (Lipinski definition) is 4. The zero-order chi connectivity index (χ0) is 13.8. The summed E-state index contributed by atoms with van der Waals surface area (Å²) in [4.78, 5) is 23.0. The smallest absolute Gasteiger partial charge is 0.232 e. The van der Waals surface area contributed by atoms with Gasteiger partial charge in [0.05, 0.1) is 13.0 Å². The molecule has 102 valence electrons. The Morgan fingerprint density at radius 1 is 1.33 bits per heavy atom. The van der Waals surface area contributed by atoms with Crippen LogP contribution in [0.1, 0.15) is 46.0 Å². The van der Waals surface area contributed by atoms with Crippen LogP contribution in [-0.2, 0) is 9.59 Å². The second-order valence-electron chi connectivity index (χ2n) is 5.37. The molecule has 0 atom stereocenters. The summed E-state index contributed by atoms with van der Waals surface area (Å²) in [7, 11) is 0. The number of carbonyl (C=O) groups excluding carboxylic acids is 2. The lowest BCUT2D eigenvalue weighted by Crippen LogP contribution is -2.39. The van der Waals surface area contributed by atoms with Crippen LogP contribution < -0.4 is 5.32 Å². The van der Waals surface area contributed by atoms with Crippen LogP contribution in [0.3, 0.4) is 0 Å². The first kappa shape index (κ1) is 14.8. The minimum atomic E-state index is -0.530. The molecule has 1 saturated carbocycles. The molecule has 3 N–H and O–H groups in total. The molecule has 0 unspecified atom stereocenters. The highest BCUT2D eigenvalue weighted by Crippen LogP contribution is 2.39. The van der Waals surface area contributed by atoms with Crippen molar-refractivity contribution in [3.8, 4) is 0 Å². The van der Waals surface area contributed by atoms with E-state index in [-0.39, 0.29) is 30.6 Å². The summed E-state index contributed by atoms with van der Waals surface area (Å²) in [5.74, 6) is -1.02. The van der Waals surface area contributed by atoms with E-state index in [2.05, 4.69) is 5.32 Å². The van der Waals surface area contributed by atoms with Crippen molar-refractivity contribution in [1.29, 1.82) is 5.41 Å². The van der Waals surface area contributed by atoms with E-state index >= 15 is 0 Å². The zero-order valence-corrected chi connectivity index (χ0v) is 11.1. The molecule has 1 aliphatic rings. The number of nitrogens with one attached hydrogen (secondary N) is 2. The first-order valence-corrected chi connectivity index (χ1v) is 6.44. The number of carbonyl (C=O) groups is 2. The molecule has 0 radical (unpaired) electrons. The zero-order valence-electron chi connectivity index (χ0n) is 11.1. The summed E-state index contributed by atoms with van der Waals surface area (Å²) in [6.07, 6.45) is 3.38. The van der Waals surface area contributed by atoms with Crippen LogP contribution in [0.5, 0.6) is 0 Å². The molecule has 0 bridgehead atoms. The topological polar surface area (TPSA) is 90.3 Å². The highest BCUT2D eigenvalue weighted by Gasteiger charge is 2.38. The third-order valence-corrected chi connectivity index (χ3v) is 3.63. The quantitative estimate of drug-likeness (QED) is 0.645. The van der Waals surface area contributed by atoms with E-state index in [4.69, 9.17) is 5.41 Å². The van der Waals surface area contributed by atoms with Gasteiger partial charge in [-0.3, -0.25) is 14.9 Å². The molecule has 18 heavy (non-hydrogen) atoms. The Morgan fingerprint density at radius 2 is 1.89 bits per heavy atom. The summed E-state index contributed by atoms with van der Waals surface area (Å²) in [6, 6.07) is 0. The van der Waals surface area contributed by atoms with Gasteiger partial charge in [-0.05, 0) is 12.8 Å². The Bertz CT molecular complexity index is 344. The Labute approximate surface area is 107 Å². The van der Waals surface area contributed by atoms with Crippen LogP contribution >= 0.6 is 0 Å². The molecule has 5 heteroatoms. The predicted octanol–water partition coefficient (Wildman–Crippen LogP) is 1.25. The second-order valence-corrected chi connectivity index (χ2v) is 5.37. The fourth-order valence-corrected chi connectivity index (χ4v) is 2.28. The van der Waals surface area contributed by atoms with Gasteiger partial charge in [0.25, 0.3) is 0 Å². The number of amides is 2. The minimum absolute atomic E-state index is 0.0861. The number of aliphatic hydroxyl groups is 1. The fraction of sp³-hybridized carbons (Fsp3) is 0.769. The Hall–Kier alpha value is -1.23. The van der Waals surface area contributed by atoms with Gasteiger partial charge >= 0.3 is 0 Å². The van der Waals surface area contributed by atoms with Crippen molar-refractivity contribution in [3.63, 3.8) is 0 Å². The lowest BCUT2D eigenvalue weighted by Gasteiger charge is -2.27. The molecule has 0 aliphatic heterocycles. The van der Waals surface area contributed by atoms with Crippen LogP contribution in [0.2, 0.25) is 0 Å². The van der Waals surface area contributed by atoms with Crippen molar-refractivity contribution in [1.82, 2.24) is 5.32 Å². The van der Waals surface area contributed by atoms with E-state index in [1.807, 2.05) is 0 Å². The van der Waals surface area contributed by atoms with Gasteiger partial charge in [-0.1, -0.05) is 26.7 Å². The molecular weight excluding hydrogens is 232 g/mol. The first-order chi connectivity index (χ1) is 8.41. The van der Waals surface area contributed by atoms with E-state index < -0.39 is 11.3 Å². The largest absolute Gasteiger partial charge is 0.395 e. The van der Waals surface area contributed by atoms with Crippen molar-refractivity contribution < 1.29 is 14.7 Å². The average molecular weight is 254 g/mol. The molecule has 0 aromatic carbocycles. The van der Waals surface area contributed by atoms with Gasteiger partial charge in [0.1, 0.15) is 0 Å². The highest BCUT2D eigenvalue weighted by atomic mass is 16.3. The highest BCUT2D eigenvalue weighted by molar-refractivity contribution is 6.07. The van der Waals surface area contributed by atoms with Crippen molar-refractivity contribution >= 4 is 17.5 Å². The van der Waals surface area contributed by atoms with Gasteiger partial charge in [-0.25, -0.2) is 0 Å². The minimum Gasteiger partial charge on any atom is -0.395 e. The summed E-state index contributed by atoms with van der Waals surface area (Å²) >= 11 is 0. The van der Waals surface area contributed by atoms with Crippen molar-refractivity contribution in [2.24, 2.45) is 11.3 Å². The van der Waals surface area contributed by atoms with Gasteiger partial charge in [-0.15, -0.1) is 0 Å². The Morgan fingerprint density at radius 3 is 2.33 bits per heavy atom. The van der Waals surface area contributed by atoms with Gasteiger partial charge in [-0.2, -0.15) is 0 Å². The Balaban J connectivity index is 2.54. The van der Waals surface area contributed by atoms with Gasteiger partial charge in [0, 0.05) is 17.0 Å². The molecule has 1 aliphatic carbocycles. The van der Waals surface area contributed by atoms with Crippen molar-refractivity contribution in [2.45, 2.75) is 46.0 Å². The van der Waals surface area contributed by atoms with E-state index in [1.165, 1.54) is 0 Å². The van der Waals surface area contributed by atoms with Crippen LogP contribution in [0, 0.1) is 16.7 Å². The molecule has 0 aromatic heterocycles. The average Bonchev–Trinajstić information content (AvgIpc) is 2.78. The standard InChI is InChI=1S/C13H22N2O3/c1-9(2)12(18)15-11(17)7-10(14)13(8-16)5-3-4-6-13/h9,14,16H,3-8H2,1-2H3,(H,15,17,18). The SMILES string of the molecule is CC(C)C(=O)NC(=O)CC(=N)C1(CO)CCCC1. The van der Waals surface area contributed by atoms with Crippen molar-refractivity contribution in [2.75, 3.05) is 6.61 Å². The summed E-state index contributed by atoms with van der Waals surface area (Å²) in [5, 5.41) is 19.7. The van der Waals surface area contributed by atoms with Crippen LogP contribution in [0.25, 0.3) is 0 Å². The van der Waals surface area contributed by atoms with Crippen molar-refractivity contribution in [3.05, 3.63) is 0 Å². The number of imide groups is 1. The van der Waals surface area contributed by atoms with Gasteiger partial charge in [0.2, 0.25) is 11.8 Å². The molecule has 1 fully saturated rings. The first-order valence-electron chi connectivity index (χ1n) is 6.44. The molecule has 0 aromatic rings. The fourth-order valence-electron chi connectivity index (χ4n) is 2.28. The third-order valence-electron chi connectivity index (χ3n) is 3.63. The Kier molecular flexibility index (Phi) is 5.02. The van der Waals surface area contributed by atoms with Crippen LogP contribution in [0.15, 0.2) is 0 Å². The summed E-state index contributed by atoms with van der Waals surface area (Å²) in [5.41, 5.74) is -0.283. The number of hydrogen-bond donors (Lipinski definition) is 3. The number of aliphatic hydroxyl groups excluding tert-OH is 1. The third kappa shape index (κ3) is 3.38. The van der Waals surface area contributed by atoms with E-state index in [1.54, 1.807) is 13.8 Å². The maximum Gasteiger partial charge on any atom is 0.232 e. The molecular formula is C13H22N2O3. The maximum atomic E-state index is 11.6. The van der Waals surface area contributed by atoms with Gasteiger partial charge in [0.15, 0.2) is 0 Å². The summed E-state index contributed by atoms with van der Waals surface area (Å²) < 4.78 is 0. The monoisotopic (exact) mass is 254 g/mol. The maximum absolute atomic E-state index is 11.6. The molecule has 0 heterocycles. The predicted molar refractivity (Wildman–Crippen MR) is 68.3 cm³/mol. The second kappa shape index (κ2) is 6.09. The lowest BCUT2D eigenvalue weighted by atomic mass is 9.80. The molecule has 0 saturated heterocycles. The van der Waals surface area contributed by atoms with E-state index in [0.717, 1.165) is 25.7 Å². The number of rotatable bonds is 5. The molecule has 2 amide bonds. The lowest BCUT2D eigenvalue weighted by molar-refractivity contribution is -0.131. The molecule has 5 nitrogen and oxygen atoms in total. The van der Waals surface area contributed by atoms with Gasteiger partial charge < -0.3 is 10.5 Å². The molecule has 1 rings (SSSR count). The van der Waals surface area contributed by atoms with Crippen LogP contribution in [0.4, 0.5) is 0 Å². The van der Waals surface area contributed by atoms with Crippen LogP contribution in [-0.4, -0.2) is 29.2 Å². The normalized spacial score (nSPS) is 17.8. The van der Waals surface area contributed by atoms with E-state index in [0.29, 0.717) is 0 Å². The molecule has 0 spiro atoms. The van der Waals surface area contributed by atoms with E-state index in [9.17, 15) is 14.7 Å². The summed E-state index contributed by atoms with van der Waals surface area (Å²) in [6.45, 7) is 3.33.